The number of benzene rings is 1. The maximum atomic E-state index is 12.1. The topological polar surface area (TPSA) is 84.2 Å². The van der Waals surface area contributed by atoms with Crippen molar-refractivity contribution in [1.29, 1.82) is 0 Å². The van der Waals surface area contributed by atoms with Crippen LogP contribution in [0.3, 0.4) is 0 Å². The summed E-state index contributed by atoms with van der Waals surface area (Å²) in [5, 5.41) is 6.12. The molecule has 0 saturated carbocycles. The summed E-state index contributed by atoms with van der Waals surface area (Å²) in [7, 11) is 0. The Morgan fingerprint density at radius 3 is 2.53 bits per heavy atom. The molecule has 1 aliphatic heterocycles. The van der Waals surface area contributed by atoms with Crippen LogP contribution < -0.4 is 16.4 Å². The standard InChI is InChI=1S/C14H19N3O2/c1-9-3-2-4-12(16-9)14(19)17-11-7-5-10(6-8-11)13(15)18/h5-9,12,16H,2-4H2,1H3,(H2,15,18)(H,17,19). The van der Waals surface area contributed by atoms with E-state index in [1.807, 2.05) is 0 Å². The zero-order chi connectivity index (χ0) is 13.8. The molecule has 4 N–H and O–H groups in total. The van der Waals surface area contributed by atoms with E-state index in [2.05, 4.69) is 17.6 Å². The van der Waals surface area contributed by atoms with E-state index in [0.717, 1.165) is 19.3 Å². The predicted molar refractivity (Wildman–Crippen MR) is 73.8 cm³/mol. The molecule has 1 aliphatic rings. The molecule has 0 aliphatic carbocycles. The third kappa shape index (κ3) is 3.54. The maximum absolute atomic E-state index is 12.1. The van der Waals surface area contributed by atoms with Gasteiger partial charge in [0.1, 0.15) is 0 Å². The van der Waals surface area contributed by atoms with E-state index >= 15 is 0 Å². The molecule has 0 radical (unpaired) electrons. The number of piperidine rings is 1. The molecule has 2 atom stereocenters. The van der Waals surface area contributed by atoms with Gasteiger partial charge >= 0.3 is 0 Å². The van der Waals surface area contributed by atoms with Crippen molar-refractivity contribution in [1.82, 2.24) is 5.32 Å². The number of hydrogen-bond donors (Lipinski definition) is 3. The average Bonchev–Trinajstić information content (AvgIpc) is 2.39. The van der Waals surface area contributed by atoms with Crippen molar-refractivity contribution in [2.45, 2.75) is 38.3 Å². The Kier molecular flexibility index (Phi) is 4.16. The second-order valence-corrected chi connectivity index (χ2v) is 4.98. The molecule has 2 rings (SSSR count). The van der Waals surface area contributed by atoms with Crippen LogP contribution in [-0.4, -0.2) is 23.9 Å². The van der Waals surface area contributed by atoms with Gasteiger partial charge in [-0.15, -0.1) is 0 Å². The minimum Gasteiger partial charge on any atom is -0.366 e. The normalized spacial score (nSPS) is 22.8. The monoisotopic (exact) mass is 261 g/mol. The van der Waals surface area contributed by atoms with Crippen LogP contribution in [-0.2, 0) is 4.79 Å². The molecule has 1 aromatic carbocycles. The number of nitrogens with two attached hydrogens (primary N) is 1. The highest BCUT2D eigenvalue weighted by molar-refractivity contribution is 5.96. The van der Waals surface area contributed by atoms with Crippen LogP contribution in [0.5, 0.6) is 0 Å². The van der Waals surface area contributed by atoms with Gasteiger partial charge in [-0.05, 0) is 50.5 Å². The van der Waals surface area contributed by atoms with Crippen LogP contribution >= 0.6 is 0 Å². The molecule has 0 bridgehead atoms. The highest BCUT2D eigenvalue weighted by Crippen LogP contribution is 2.15. The molecule has 102 valence electrons. The number of carbonyl (C=O) groups is 2. The van der Waals surface area contributed by atoms with Gasteiger partial charge < -0.3 is 16.4 Å². The van der Waals surface area contributed by atoms with Gasteiger partial charge in [0.05, 0.1) is 6.04 Å². The summed E-state index contributed by atoms with van der Waals surface area (Å²) in [6.45, 7) is 2.08. The van der Waals surface area contributed by atoms with E-state index in [0.29, 0.717) is 17.3 Å². The molecular weight excluding hydrogens is 242 g/mol. The van der Waals surface area contributed by atoms with Crippen molar-refractivity contribution in [3.05, 3.63) is 29.8 Å². The molecule has 5 nitrogen and oxygen atoms in total. The minimum absolute atomic E-state index is 0.0293. The van der Waals surface area contributed by atoms with Crippen LogP contribution in [0.2, 0.25) is 0 Å². The molecule has 1 heterocycles. The van der Waals surface area contributed by atoms with E-state index < -0.39 is 5.91 Å². The minimum atomic E-state index is -0.472. The molecule has 1 aromatic rings. The van der Waals surface area contributed by atoms with Gasteiger partial charge in [0.15, 0.2) is 0 Å². The number of rotatable bonds is 3. The van der Waals surface area contributed by atoms with Crippen molar-refractivity contribution >= 4 is 17.5 Å². The van der Waals surface area contributed by atoms with Crippen molar-refractivity contribution < 1.29 is 9.59 Å². The summed E-state index contributed by atoms with van der Waals surface area (Å²) < 4.78 is 0. The second-order valence-electron chi connectivity index (χ2n) is 4.98. The molecule has 5 heteroatoms. The smallest absolute Gasteiger partial charge is 0.248 e. The Bertz CT molecular complexity index is 470. The summed E-state index contributed by atoms with van der Waals surface area (Å²) in [6.07, 6.45) is 3.03. The first-order valence-electron chi connectivity index (χ1n) is 6.53. The SMILES string of the molecule is CC1CCCC(C(=O)Nc2ccc(C(N)=O)cc2)N1. The third-order valence-corrected chi connectivity index (χ3v) is 3.37. The van der Waals surface area contributed by atoms with Gasteiger partial charge in [-0.3, -0.25) is 9.59 Å². The van der Waals surface area contributed by atoms with Gasteiger partial charge in [0.2, 0.25) is 11.8 Å². The first-order valence-corrected chi connectivity index (χ1v) is 6.53. The van der Waals surface area contributed by atoms with Crippen molar-refractivity contribution in [3.8, 4) is 0 Å². The van der Waals surface area contributed by atoms with E-state index in [9.17, 15) is 9.59 Å². The quantitative estimate of drug-likeness (QED) is 0.765. The zero-order valence-electron chi connectivity index (χ0n) is 11.0. The lowest BCUT2D eigenvalue weighted by Gasteiger charge is -2.27. The highest BCUT2D eigenvalue weighted by Gasteiger charge is 2.23. The van der Waals surface area contributed by atoms with E-state index in [1.165, 1.54) is 0 Å². The number of primary amides is 1. The van der Waals surface area contributed by atoms with Crippen LogP contribution in [0, 0.1) is 0 Å². The highest BCUT2D eigenvalue weighted by atomic mass is 16.2. The number of hydrogen-bond acceptors (Lipinski definition) is 3. The van der Waals surface area contributed by atoms with Gasteiger partial charge in [-0.2, -0.15) is 0 Å². The van der Waals surface area contributed by atoms with Crippen molar-refractivity contribution in [3.63, 3.8) is 0 Å². The second kappa shape index (κ2) is 5.84. The Morgan fingerprint density at radius 1 is 1.26 bits per heavy atom. The molecule has 0 spiro atoms. The van der Waals surface area contributed by atoms with Crippen LogP contribution in [0.15, 0.2) is 24.3 Å². The van der Waals surface area contributed by atoms with E-state index in [4.69, 9.17) is 5.73 Å². The zero-order valence-corrected chi connectivity index (χ0v) is 11.0. The number of amides is 2. The molecule has 1 fully saturated rings. The molecular formula is C14H19N3O2. The lowest BCUT2D eigenvalue weighted by molar-refractivity contribution is -0.118. The molecule has 0 aromatic heterocycles. The van der Waals surface area contributed by atoms with Gasteiger partial charge in [-0.1, -0.05) is 0 Å². The Labute approximate surface area is 112 Å². The van der Waals surface area contributed by atoms with Gasteiger partial charge in [0.25, 0.3) is 0 Å². The average molecular weight is 261 g/mol. The summed E-state index contributed by atoms with van der Waals surface area (Å²) >= 11 is 0. The predicted octanol–water partition coefficient (Wildman–Crippen LogP) is 1.25. The van der Waals surface area contributed by atoms with Crippen molar-refractivity contribution in [2.75, 3.05) is 5.32 Å². The lowest BCUT2D eigenvalue weighted by atomic mass is 9.99. The first kappa shape index (κ1) is 13.5. The van der Waals surface area contributed by atoms with E-state index in [-0.39, 0.29) is 11.9 Å². The summed E-state index contributed by atoms with van der Waals surface area (Å²) in [4.78, 5) is 23.0. The van der Waals surface area contributed by atoms with Crippen LogP contribution in [0.1, 0.15) is 36.5 Å². The van der Waals surface area contributed by atoms with E-state index in [1.54, 1.807) is 24.3 Å². The molecule has 1 saturated heterocycles. The summed E-state index contributed by atoms with van der Waals surface area (Å²) in [5.74, 6) is -0.501. The number of anilines is 1. The van der Waals surface area contributed by atoms with Gasteiger partial charge in [-0.25, -0.2) is 0 Å². The fourth-order valence-corrected chi connectivity index (χ4v) is 2.29. The Hall–Kier alpha value is -1.88. The van der Waals surface area contributed by atoms with Crippen molar-refractivity contribution in [2.24, 2.45) is 5.73 Å². The van der Waals surface area contributed by atoms with Crippen LogP contribution in [0.4, 0.5) is 5.69 Å². The summed E-state index contributed by atoms with van der Waals surface area (Å²) in [6, 6.07) is 6.82. The Balaban J connectivity index is 1.96. The fraction of sp³-hybridized carbons (Fsp3) is 0.429. The Morgan fingerprint density at radius 2 is 1.95 bits per heavy atom. The maximum Gasteiger partial charge on any atom is 0.248 e. The largest absolute Gasteiger partial charge is 0.366 e. The molecule has 19 heavy (non-hydrogen) atoms. The van der Waals surface area contributed by atoms with Gasteiger partial charge in [0, 0.05) is 17.3 Å². The molecule has 2 amide bonds. The van der Waals surface area contributed by atoms with Crippen LogP contribution in [0.25, 0.3) is 0 Å². The number of nitrogens with one attached hydrogen (secondary N) is 2. The lowest BCUT2D eigenvalue weighted by Crippen LogP contribution is -2.47. The fourth-order valence-electron chi connectivity index (χ4n) is 2.29. The molecule has 2 unspecified atom stereocenters. The third-order valence-electron chi connectivity index (χ3n) is 3.37. The first-order chi connectivity index (χ1) is 9.06. The summed E-state index contributed by atoms with van der Waals surface area (Å²) in [5.41, 5.74) is 6.27. The number of carbonyl (C=O) groups excluding carboxylic acids is 2.